The molecule has 1 aromatic carbocycles. The smallest absolute Gasteiger partial charge is 0.312 e. The Morgan fingerprint density at radius 3 is 2.22 bits per heavy atom. The summed E-state index contributed by atoms with van der Waals surface area (Å²) >= 11 is 3.31. The molecule has 0 heterocycles. The Morgan fingerprint density at radius 2 is 1.78 bits per heavy atom. The van der Waals surface area contributed by atoms with E-state index in [-0.39, 0.29) is 11.8 Å². The third kappa shape index (κ3) is 4.37. The molecule has 5 nitrogen and oxygen atoms in total. The van der Waals surface area contributed by atoms with Crippen molar-refractivity contribution < 1.29 is 9.59 Å². The van der Waals surface area contributed by atoms with Crippen molar-refractivity contribution in [2.45, 2.75) is 19.9 Å². The summed E-state index contributed by atoms with van der Waals surface area (Å²) in [5, 5.41) is 5.15. The number of nitrogens with two attached hydrogens (primary N) is 1. The van der Waals surface area contributed by atoms with Crippen LogP contribution in [0.25, 0.3) is 0 Å². The molecule has 0 spiro atoms. The van der Waals surface area contributed by atoms with E-state index in [1.807, 2.05) is 26.0 Å². The fraction of sp³-hybridized carbons (Fsp3) is 0.333. The number of nitrogens with one attached hydrogen (secondary N) is 2. The number of carbonyl (C=O) groups excluding carboxylic acids is 2. The van der Waals surface area contributed by atoms with E-state index in [9.17, 15) is 9.59 Å². The van der Waals surface area contributed by atoms with Crippen molar-refractivity contribution in [1.82, 2.24) is 5.32 Å². The summed E-state index contributed by atoms with van der Waals surface area (Å²) < 4.78 is 0.927. The minimum atomic E-state index is -0.709. The molecule has 1 rings (SSSR count). The van der Waals surface area contributed by atoms with E-state index in [4.69, 9.17) is 5.73 Å². The molecule has 0 aliphatic rings. The number of hydrogen-bond acceptors (Lipinski definition) is 2. The number of primary amides is 1. The van der Waals surface area contributed by atoms with Crippen LogP contribution in [0.2, 0.25) is 0 Å². The summed E-state index contributed by atoms with van der Waals surface area (Å²) in [5.74, 6) is -0.334. The first-order valence-corrected chi connectivity index (χ1v) is 6.32. The molecule has 18 heavy (non-hydrogen) atoms. The van der Waals surface area contributed by atoms with Crippen LogP contribution in [0.5, 0.6) is 0 Å². The van der Waals surface area contributed by atoms with Crippen molar-refractivity contribution in [1.29, 1.82) is 0 Å². The van der Waals surface area contributed by atoms with Gasteiger partial charge in [-0.15, -0.1) is 0 Å². The minimum absolute atomic E-state index is 0.0482. The lowest BCUT2D eigenvalue weighted by Crippen LogP contribution is -2.49. The number of urea groups is 1. The number of anilines is 1. The first-order chi connectivity index (χ1) is 8.40. The molecular formula is C12H16BrN3O2. The monoisotopic (exact) mass is 313 g/mol. The highest BCUT2D eigenvalue weighted by molar-refractivity contribution is 9.10. The van der Waals surface area contributed by atoms with Crippen LogP contribution < -0.4 is 16.4 Å². The van der Waals surface area contributed by atoms with E-state index in [1.54, 1.807) is 12.1 Å². The highest BCUT2D eigenvalue weighted by Crippen LogP contribution is 2.15. The van der Waals surface area contributed by atoms with Gasteiger partial charge in [-0.1, -0.05) is 29.8 Å². The quantitative estimate of drug-likeness (QED) is 0.795. The average molecular weight is 314 g/mol. The molecule has 1 atom stereocenters. The van der Waals surface area contributed by atoms with E-state index in [1.165, 1.54) is 0 Å². The van der Waals surface area contributed by atoms with Crippen LogP contribution in [0.15, 0.2) is 28.7 Å². The molecule has 1 aromatic rings. The second-order valence-corrected chi connectivity index (χ2v) is 5.14. The summed E-state index contributed by atoms with van der Waals surface area (Å²) in [7, 11) is 0. The second kappa shape index (κ2) is 6.39. The molecule has 4 N–H and O–H groups in total. The maximum atomic E-state index is 12.0. The van der Waals surface area contributed by atoms with Crippen LogP contribution >= 0.6 is 15.9 Å². The van der Waals surface area contributed by atoms with Crippen LogP contribution in [0.3, 0.4) is 0 Å². The van der Waals surface area contributed by atoms with Gasteiger partial charge >= 0.3 is 6.03 Å². The Bertz CT molecular complexity index is 431. The van der Waals surface area contributed by atoms with Crippen molar-refractivity contribution in [2.24, 2.45) is 11.7 Å². The van der Waals surface area contributed by atoms with Gasteiger partial charge in [0.05, 0.1) is 0 Å². The Morgan fingerprint density at radius 1 is 1.22 bits per heavy atom. The Hall–Kier alpha value is -1.56. The molecule has 1 unspecified atom stereocenters. The minimum Gasteiger partial charge on any atom is -0.352 e. The fourth-order valence-electron chi connectivity index (χ4n) is 1.44. The van der Waals surface area contributed by atoms with Crippen molar-refractivity contribution >= 4 is 33.6 Å². The second-order valence-electron chi connectivity index (χ2n) is 4.23. The number of halogens is 1. The maximum Gasteiger partial charge on any atom is 0.312 e. The predicted molar refractivity (Wildman–Crippen MR) is 74.1 cm³/mol. The molecule has 6 heteroatoms. The zero-order chi connectivity index (χ0) is 13.7. The molecule has 0 saturated carbocycles. The van der Waals surface area contributed by atoms with Crippen molar-refractivity contribution in [3.8, 4) is 0 Å². The summed E-state index contributed by atoms with van der Waals surface area (Å²) in [6.45, 7) is 3.67. The van der Waals surface area contributed by atoms with E-state index < -0.39 is 12.1 Å². The van der Waals surface area contributed by atoms with Gasteiger partial charge in [-0.25, -0.2) is 4.79 Å². The fourth-order valence-corrected chi connectivity index (χ4v) is 1.71. The molecule has 0 aliphatic heterocycles. The van der Waals surface area contributed by atoms with E-state index >= 15 is 0 Å². The Balaban J connectivity index is 2.72. The SMILES string of the molecule is CC(C)C(NC(N)=O)C(=O)Nc1ccc(Br)cc1. The van der Waals surface area contributed by atoms with Crippen molar-refractivity contribution in [3.63, 3.8) is 0 Å². The van der Waals surface area contributed by atoms with Crippen LogP contribution in [0.4, 0.5) is 10.5 Å². The van der Waals surface area contributed by atoms with Crippen molar-refractivity contribution in [2.75, 3.05) is 5.32 Å². The number of benzene rings is 1. The summed E-state index contributed by atoms with van der Waals surface area (Å²) in [4.78, 5) is 22.8. The van der Waals surface area contributed by atoms with E-state index in [0.717, 1.165) is 4.47 Å². The molecule has 0 bridgehead atoms. The van der Waals surface area contributed by atoms with E-state index in [2.05, 4.69) is 26.6 Å². The number of amides is 3. The van der Waals surface area contributed by atoms with Crippen LogP contribution in [0, 0.1) is 5.92 Å². The first-order valence-electron chi connectivity index (χ1n) is 5.52. The highest BCUT2D eigenvalue weighted by Gasteiger charge is 2.23. The topological polar surface area (TPSA) is 84.2 Å². The van der Waals surface area contributed by atoms with Crippen LogP contribution in [-0.2, 0) is 4.79 Å². The van der Waals surface area contributed by atoms with Gasteiger partial charge in [-0.3, -0.25) is 4.79 Å². The highest BCUT2D eigenvalue weighted by atomic mass is 79.9. The van der Waals surface area contributed by atoms with Crippen molar-refractivity contribution in [3.05, 3.63) is 28.7 Å². The molecule has 98 valence electrons. The van der Waals surface area contributed by atoms with E-state index in [0.29, 0.717) is 5.69 Å². The normalized spacial score (nSPS) is 12.0. The number of carbonyl (C=O) groups is 2. The Kier molecular flexibility index (Phi) is 5.15. The van der Waals surface area contributed by atoms with Gasteiger partial charge in [0.1, 0.15) is 6.04 Å². The van der Waals surface area contributed by atoms with Gasteiger partial charge in [0.25, 0.3) is 0 Å². The average Bonchev–Trinajstić information content (AvgIpc) is 2.28. The maximum absolute atomic E-state index is 12.0. The van der Waals surface area contributed by atoms with Gasteiger partial charge in [-0.05, 0) is 30.2 Å². The van der Waals surface area contributed by atoms with Crippen LogP contribution in [0.1, 0.15) is 13.8 Å². The Labute approximate surface area is 114 Å². The van der Waals surface area contributed by atoms with Gasteiger partial charge in [0.2, 0.25) is 5.91 Å². The number of hydrogen-bond donors (Lipinski definition) is 3. The molecule has 0 radical (unpaired) electrons. The number of rotatable bonds is 4. The molecule has 0 aliphatic carbocycles. The first kappa shape index (κ1) is 14.5. The molecule has 0 aromatic heterocycles. The standard InChI is InChI=1S/C12H16BrN3O2/c1-7(2)10(16-12(14)18)11(17)15-9-5-3-8(13)4-6-9/h3-7,10H,1-2H3,(H,15,17)(H3,14,16,18). The summed E-state index contributed by atoms with van der Waals surface area (Å²) in [6.07, 6.45) is 0. The largest absolute Gasteiger partial charge is 0.352 e. The lowest BCUT2D eigenvalue weighted by Gasteiger charge is -2.20. The van der Waals surface area contributed by atoms with Gasteiger partial charge in [0.15, 0.2) is 0 Å². The molecule has 3 amide bonds. The van der Waals surface area contributed by atoms with Crippen LogP contribution in [-0.4, -0.2) is 18.0 Å². The van der Waals surface area contributed by atoms with Gasteiger partial charge < -0.3 is 16.4 Å². The summed E-state index contributed by atoms with van der Waals surface area (Å²) in [6, 6.07) is 5.82. The zero-order valence-corrected chi connectivity index (χ0v) is 11.8. The zero-order valence-electron chi connectivity index (χ0n) is 10.2. The third-order valence-electron chi connectivity index (χ3n) is 2.36. The lowest BCUT2D eigenvalue weighted by atomic mass is 10.0. The van der Waals surface area contributed by atoms with Gasteiger partial charge in [-0.2, -0.15) is 0 Å². The van der Waals surface area contributed by atoms with Gasteiger partial charge in [0, 0.05) is 10.2 Å². The molecule has 0 saturated heterocycles. The molecular weight excluding hydrogens is 298 g/mol. The molecule has 0 fully saturated rings. The predicted octanol–water partition coefficient (Wildman–Crippen LogP) is 2.08. The summed E-state index contributed by atoms with van der Waals surface area (Å²) in [5.41, 5.74) is 5.71. The lowest BCUT2D eigenvalue weighted by molar-refractivity contribution is -0.118. The third-order valence-corrected chi connectivity index (χ3v) is 2.89.